The molecule has 0 bridgehead atoms. The van der Waals surface area contributed by atoms with Gasteiger partial charge in [-0.15, -0.1) is 11.3 Å². The van der Waals surface area contributed by atoms with E-state index in [9.17, 15) is 0 Å². The van der Waals surface area contributed by atoms with E-state index in [0.29, 0.717) is 0 Å². The smallest absolute Gasteiger partial charge is 0.0933 e. The van der Waals surface area contributed by atoms with E-state index in [-0.39, 0.29) is 0 Å². The van der Waals surface area contributed by atoms with Crippen LogP contribution in [0.4, 0.5) is 0 Å². The van der Waals surface area contributed by atoms with Gasteiger partial charge in [-0.05, 0) is 51.6 Å². The number of nitrogens with zero attached hydrogens (tertiary/aromatic N) is 1. The van der Waals surface area contributed by atoms with Crippen molar-refractivity contribution in [2.24, 2.45) is 11.8 Å². The highest BCUT2D eigenvalue weighted by molar-refractivity contribution is 7.11. The van der Waals surface area contributed by atoms with Crippen LogP contribution in [-0.4, -0.2) is 18.1 Å². The Morgan fingerprint density at radius 1 is 1.16 bits per heavy atom. The molecule has 1 saturated carbocycles. The van der Waals surface area contributed by atoms with Gasteiger partial charge in [0.15, 0.2) is 0 Å². The van der Waals surface area contributed by atoms with Gasteiger partial charge in [-0.25, -0.2) is 4.98 Å². The van der Waals surface area contributed by atoms with Gasteiger partial charge in [-0.3, -0.25) is 0 Å². The van der Waals surface area contributed by atoms with Crippen molar-refractivity contribution < 1.29 is 0 Å². The molecule has 1 aromatic heterocycles. The number of nitrogens with one attached hydrogen (secondary N) is 1. The summed E-state index contributed by atoms with van der Waals surface area (Å²) >= 11 is 1.91. The molecule has 2 nitrogen and oxygen atoms in total. The third kappa shape index (κ3) is 4.28. The summed E-state index contributed by atoms with van der Waals surface area (Å²) in [5.41, 5.74) is 1.23. The Labute approximate surface area is 122 Å². The standard InChI is InChI=1S/C16H28N2S/c1-4-17-11-15-9-7-5-6-8-14(15)10-16-18-12(2)13(3)19-16/h14-15,17H,4-11H2,1-3H3. The maximum absolute atomic E-state index is 4.75. The number of hydrogen-bond acceptors (Lipinski definition) is 3. The summed E-state index contributed by atoms with van der Waals surface area (Å²) < 4.78 is 0. The monoisotopic (exact) mass is 280 g/mol. The predicted octanol–water partition coefficient (Wildman–Crippen LogP) is 4.11. The lowest BCUT2D eigenvalue weighted by molar-refractivity contribution is 0.299. The van der Waals surface area contributed by atoms with Crippen molar-refractivity contribution in [2.75, 3.05) is 13.1 Å². The first-order chi connectivity index (χ1) is 9.20. The Morgan fingerprint density at radius 3 is 2.53 bits per heavy atom. The average Bonchev–Trinajstić information content (AvgIpc) is 2.59. The Bertz CT molecular complexity index is 367. The van der Waals surface area contributed by atoms with E-state index < -0.39 is 0 Å². The second kappa shape index (κ2) is 7.39. The fourth-order valence-corrected chi connectivity index (χ4v) is 4.21. The van der Waals surface area contributed by atoms with Crippen molar-refractivity contribution in [1.82, 2.24) is 10.3 Å². The molecule has 1 aromatic rings. The van der Waals surface area contributed by atoms with Gasteiger partial charge >= 0.3 is 0 Å². The van der Waals surface area contributed by atoms with E-state index in [2.05, 4.69) is 26.1 Å². The summed E-state index contributed by atoms with van der Waals surface area (Å²) in [6, 6.07) is 0. The van der Waals surface area contributed by atoms with Gasteiger partial charge in [0, 0.05) is 11.3 Å². The van der Waals surface area contributed by atoms with Crippen molar-refractivity contribution >= 4 is 11.3 Å². The summed E-state index contributed by atoms with van der Waals surface area (Å²) in [5.74, 6) is 1.69. The van der Waals surface area contributed by atoms with Crippen LogP contribution in [0.25, 0.3) is 0 Å². The van der Waals surface area contributed by atoms with Crippen LogP contribution >= 0.6 is 11.3 Å². The van der Waals surface area contributed by atoms with Gasteiger partial charge in [-0.1, -0.05) is 26.2 Å². The molecule has 2 rings (SSSR count). The summed E-state index contributed by atoms with van der Waals surface area (Å²) in [7, 11) is 0. The van der Waals surface area contributed by atoms with E-state index in [0.717, 1.165) is 18.4 Å². The first kappa shape index (κ1) is 15.0. The molecular formula is C16H28N2S. The van der Waals surface area contributed by atoms with Gasteiger partial charge in [0.25, 0.3) is 0 Å². The summed E-state index contributed by atoms with van der Waals surface area (Å²) in [6.07, 6.45) is 8.26. The minimum Gasteiger partial charge on any atom is -0.317 e. The highest BCUT2D eigenvalue weighted by Gasteiger charge is 2.24. The SMILES string of the molecule is CCNCC1CCCCCC1Cc1nc(C)c(C)s1. The van der Waals surface area contributed by atoms with Gasteiger partial charge in [-0.2, -0.15) is 0 Å². The van der Waals surface area contributed by atoms with Gasteiger partial charge in [0.1, 0.15) is 0 Å². The van der Waals surface area contributed by atoms with E-state index >= 15 is 0 Å². The predicted molar refractivity (Wildman–Crippen MR) is 83.9 cm³/mol. The van der Waals surface area contributed by atoms with Crippen molar-refractivity contribution in [3.05, 3.63) is 15.6 Å². The molecule has 2 unspecified atom stereocenters. The minimum absolute atomic E-state index is 0.839. The Morgan fingerprint density at radius 2 is 1.89 bits per heavy atom. The summed E-state index contributed by atoms with van der Waals surface area (Å²) in [4.78, 5) is 6.14. The number of rotatable bonds is 5. The Balaban J connectivity index is 2.00. The van der Waals surface area contributed by atoms with Crippen LogP contribution in [0, 0.1) is 25.7 Å². The number of aromatic nitrogens is 1. The van der Waals surface area contributed by atoms with Crippen LogP contribution in [0.2, 0.25) is 0 Å². The van der Waals surface area contributed by atoms with Crippen LogP contribution in [0.1, 0.15) is 54.6 Å². The maximum atomic E-state index is 4.75. The fourth-order valence-electron chi connectivity index (χ4n) is 3.18. The van der Waals surface area contributed by atoms with Crippen molar-refractivity contribution in [3.63, 3.8) is 0 Å². The van der Waals surface area contributed by atoms with E-state index in [4.69, 9.17) is 4.98 Å². The first-order valence-corrected chi connectivity index (χ1v) is 8.66. The van der Waals surface area contributed by atoms with Crippen LogP contribution in [-0.2, 0) is 6.42 Å². The molecule has 0 saturated heterocycles. The van der Waals surface area contributed by atoms with E-state index in [1.165, 1.54) is 60.6 Å². The Kier molecular flexibility index (Phi) is 5.83. The molecule has 19 heavy (non-hydrogen) atoms. The number of thiazole rings is 1. The van der Waals surface area contributed by atoms with Gasteiger partial charge in [0.2, 0.25) is 0 Å². The lowest BCUT2D eigenvalue weighted by Gasteiger charge is -2.24. The van der Waals surface area contributed by atoms with E-state index in [1.54, 1.807) is 0 Å². The lowest BCUT2D eigenvalue weighted by atomic mass is 9.85. The molecule has 108 valence electrons. The minimum atomic E-state index is 0.839. The number of aryl methyl sites for hydroxylation is 2. The maximum Gasteiger partial charge on any atom is 0.0933 e. The van der Waals surface area contributed by atoms with Crippen LogP contribution in [0.15, 0.2) is 0 Å². The van der Waals surface area contributed by atoms with Crippen LogP contribution in [0.3, 0.4) is 0 Å². The molecule has 0 radical (unpaired) electrons. The highest BCUT2D eigenvalue weighted by atomic mass is 32.1. The molecule has 1 aliphatic rings. The Hall–Kier alpha value is -0.410. The topological polar surface area (TPSA) is 24.9 Å². The largest absolute Gasteiger partial charge is 0.317 e. The lowest BCUT2D eigenvalue weighted by Crippen LogP contribution is -2.28. The average molecular weight is 280 g/mol. The fraction of sp³-hybridized carbons (Fsp3) is 0.812. The zero-order valence-corrected chi connectivity index (χ0v) is 13.5. The second-order valence-corrected chi connectivity index (χ2v) is 7.21. The van der Waals surface area contributed by atoms with Crippen molar-refractivity contribution in [3.8, 4) is 0 Å². The van der Waals surface area contributed by atoms with Crippen molar-refractivity contribution in [1.29, 1.82) is 0 Å². The molecule has 1 heterocycles. The highest BCUT2D eigenvalue weighted by Crippen LogP contribution is 2.32. The third-order valence-corrected chi connectivity index (χ3v) is 5.58. The molecule has 2 atom stereocenters. The number of hydrogen-bond donors (Lipinski definition) is 1. The molecule has 0 amide bonds. The third-order valence-electron chi connectivity index (χ3n) is 4.48. The normalized spacial score (nSPS) is 24.4. The zero-order valence-electron chi connectivity index (χ0n) is 12.7. The zero-order chi connectivity index (χ0) is 13.7. The van der Waals surface area contributed by atoms with Crippen LogP contribution in [0.5, 0.6) is 0 Å². The molecule has 0 aromatic carbocycles. The molecule has 1 aliphatic carbocycles. The van der Waals surface area contributed by atoms with Crippen molar-refractivity contribution in [2.45, 2.75) is 59.3 Å². The summed E-state index contributed by atoms with van der Waals surface area (Å²) in [6.45, 7) is 8.83. The molecule has 3 heteroatoms. The van der Waals surface area contributed by atoms with Gasteiger partial charge < -0.3 is 5.32 Å². The second-order valence-electron chi connectivity index (χ2n) is 5.92. The van der Waals surface area contributed by atoms with Crippen LogP contribution < -0.4 is 5.32 Å². The molecule has 0 aliphatic heterocycles. The quantitative estimate of drug-likeness (QED) is 0.821. The first-order valence-electron chi connectivity index (χ1n) is 7.84. The molecule has 1 N–H and O–H groups in total. The summed E-state index contributed by atoms with van der Waals surface area (Å²) in [5, 5.41) is 4.93. The van der Waals surface area contributed by atoms with Gasteiger partial charge in [0.05, 0.1) is 10.7 Å². The molecular weight excluding hydrogens is 252 g/mol. The molecule has 0 spiro atoms. The molecule has 1 fully saturated rings. The van der Waals surface area contributed by atoms with E-state index in [1.807, 2.05) is 11.3 Å².